The Kier molecular flexibility index (Phi) is 4.41. The molecule has 0 aliphatic rings. The van der Waals surface area contributed by atoms with Gasteiger partial charge in [0, 0.05) is 10.9 Å². The lowest BCUT2D eigenvalue weighted by molar-refractivity contribution is 0.593. The van der Waals surface area contributed by atoms with E-state index in [0.29, 0.717) is 10.7 Å². The normalized spacial score (nSPS) is 10.8. The lowest BCUT2D eigenvalue weighted by Gasteiger charge is -2.16. The highest BCUT2D eigenvalue weighted by Crippen LogP contribution is 2.29. The lowest BCUT2D eigenvalue weighted by atomic mass is 9.97. The molecule has 0 bridgehead atoms. The summed E-state index contributed by atoms with van der Waals surface area (Å²) in [6.45, 7) is 6.21. The molecule has 2 aromatic rings. The van der Waals surface area contributed by atoms with Gasteiger partial charge in [-0.3, -0.25) is 0 Å². The van der Waals surface area contributed by atoms with Gasteiger partial charge in [0.2, 0.25) is 0 Å². The van der Waals surface area contributed by atoms with Gasteiger partial charge in [0.15, 0.2) is 5.69 Å². The molecule has 0 spiro atoms. The van der Waals surface area contributed by atoms with Gasteiger partial charge in [-0.15, -0.1) is 5.10 Å². The first-order valence-corrected chi connectivity index (χ1v) is 7.12. The molecule has 1 heterocycles. The Labute approximate surface area is 124 Å². The maximum absolute atomic E-state index is 9.25. The van der Waals surface area contributed by atoms with E-state index in [1.165, 1.54) is 0 Å². The molecule has 4 nitrogen and oxygen atoms in total. The Bertz CT molecular complexity index is 650. The van der Waals surface area contributed by atoms with Crippen LogP contribution in [0.4, 0.5) is 0 Å². The topological polar surface area (TPSA) is 54.5 Å². The first-order chi connectivity index (χ1) is 9.62. The van der Waals surface area contributed by atoms with Crippen molar-refractivity contribution in [2.45, 2.75) is 39.5 Å². The number of aryl methyl sites for hydroxylation is 1. The highest BCUT2D eigenvalue weighted by atomic mass is 35.5. The van der Waals surface area contributed by atoms with E-state index in [4.69, 9.17) is 11.6 Å². The summed E-state index contributed by atoms with van der Waals surface area (Å²) in [5, 5.41) is 18.1. The third-order valence-corrected chi connectivity index (χ3v) is 3.82. The Morgan fingerprint density at radius 2 is 2.05 bits per heavy atom. The van der Waals surface area contributed by atoms with Crippen molar-refractivity contribution >= 4 is 11.6 Å². The summed E-state index contributed by atoms with van der Waals surface area (Å²) in [4.78, 5) is 0. The molecule has 0 unspecified atom stereocenters. The summed E-state index contributed by atoms with van der Waals surface area (Å²) in [6, 6.07) is 7.79. The summed E-state index contributed by atoms with van der Waals surface area (Å²) in [5.41, 5.74) is 3.21. The van der Waals surface area contributed by atoms with E-state index in [2.05, 4.69) is 30.2 Å². The van der Waals surface area contributed by atoms with Gasteiger partial charge in [0.25, 0.3) is 0 Å². The molecule has 5 heteroatoms. The van der Waals surface area contributed by atoms with E-state index in [9.17, 15) is 5.26 Å². The fourth-order valence-corrected chi connectivity index (χ4v) is 2.57. The van der Waals surface area contributed by atoms with Crippen molar-refractivity contribution in [1.29, 1.82) is 5.26 Å². The first kappa shape index (κ1) is 14.5. The summed E-state index contributed by atoms with van der Waals surface area (Å²) in [5.74, 6) is 0.262. The van der Waals surface area contributed by atoms with Crippen LogP contribution in [0.3, 0.4) is 0 Å². The third kappa shape index (κ3) is 2.54. The van der Waals surface area contributed by atoms with Crippen LogP contribution in [0.2, 0.25) is 5.02 Å². The van der Waals surface area contributed by atoms with Crippen LogP contribution in [0.5, 0.6) is 0 Å². The van der Waals surface area contributed by atoms with Gasteiger partial charge >= 0.3 is 0 Å². The van der Waals surface area contributed by atoms with E-state index in [1.54, 1.807) is 4.68 Å². The number of nitriles is 1. The molecule has 20 heavy (non-hydrogen) atoms. The molecule has 0 saturated heterocycles. The van der Waals surface area contributed by atoms with Crippen LogP contribution in [0.25, 0.3) is 5.69 Å². The zero-order chi connectivity index (χ0) is 14.7. The van der Waals surface area contributed by atoms with E-state index in [0.717, 1.165) is 29.8 Å². The molecule has 0 atom stereocenters. The van der Waals surface area contributed by atoms with Crippen molar-refractivity contribution in [3.05, 3.63) is 40.2 Å². The number of hydrogen-bond donors (Lipinski definition) is 0. The van der Waals surface area contributed by atoms with Gasteiger partial charge in [0.05, 0.1) is 11.4 Å². The molecule has 2 rings (SSSR count). The van der Waals surface area contributed by atoms with Crippen LogP contribution in [0.1, 0.15) is 49.6 Å². The Morgan fingerprint density at radius 1 is 1.35 bits per heavy atom. The van der Waals surface area contributed by atoms with Crippen LogP contribution in [-0.2, 0) is 0 Å². The molecule has 0 fully saturated rings. The largest absolute Gasteiger partial charge is 0.216 e. The maximum atomic E-state index is 9.25. The molecule has 104 valence electrons. The molecule has 1 aromatic heterocycles. The summed E-state index contributed by atoms with van der Waals surface area (Å²) in [6.07, 6.45) is 1.89. The van der Waals surface area contributed by atoms with E-state index in [-0.39, 0.29) is 5.92 Å². The quantitative estimate of drug-likeness (QED) is 0.854. The number of halogens is 1. The Balaban J connectivity index is 2.66. The maximum Gasteiger partial charge on any atom is 0.186 e. The number of aromatic nitrogens is 3. The smallest absolute Gasteiger partial charge is 0.186 e. The minimum absolute atomic E-state index is 0.262. The average Bonchev–Trinajstić information content (AvgIpc) is 2.87. The second kappa shape index (κ2) is 6.06. The van der Waals surface area contributed by atoms with E-state index < -0.39 is 0 Å². The molecule has 0 aliphatic heterocycles. The summed E-state index contributed by atoms with van der Waals surface area (Å²) in [7, 11) is 0. The van der Waals surface area contributed by atoms with Gasteiger partial charge in [-0.25, -0.2) is 4.68 Å². The molecular formula is C15H17ClN4. The number of hydrogen-bond acceptors (Lipinski definition) is 3. The highest BCUT2D eigenvalue weighted by molar-refractivity contribution is 6.30. The Morgan fingerprint density at radius 3 is 2.65 bits per heavy atom. The predicted molar refractivity (Wildman–Crippen MR) is 79.1 cm³/mol. The second-order valence-electron chi connectivity index (χ2n) is 4.79. The fourth-order valence-electron chi connectivity index (χ4n) is 2.40. The van der Waals surface area contributed by atoms with E-state index >= 15 is 0 Å². The van der Waals surface area contributed by atoms with Crippen molar-refractivity contribution in [3.8, 4) is 11.8 Å². The fraction of sp³-hybridized carbons (Fsp3) is 0.400. The minimum atomic E-state index is 0.262. The first-order valence-electron chi connectivity index (χ1n) is 6.74. The van der Waals surface area contributed by atoms with Crippen LogP contribution in [-0.4, -0.2) is 15.0 Å². The number of nitrogens with zero attached hydrogens (tertiary/aromatic N) is 4. The van der Waals surface area contributed by atoms with Crippen molar-refractivity contribution in [1.82, 2.24) is 15.0 Å². The molecule has 0 saturated carbocycles. The molecule has 0 aliphatic carbocycles. The number of rotatable bonds is 4. The third-order valence-electron chi connectivity index (χ3n) is 3.58. The van der Waals surface area contributed by atoms with Crippen LogP contribution in [0, 0.1) is 18.3 Å². The van der Waals surface area contributed by atoms with Gasteiger partial charge in [-0.05, 0) is 37.5 Å². The number of benzene rings is 1. The minimum Gasteiger partial charge on any atom is -0.216 e. The van der Waals surface area contributed by atoms with Gasteiger partial charge in [-0.1, -0.05) is 36.7 Å². The average molecular weight is 289 g/mol. The Hall–Kier alpha value is -1.86. The van der Waals surface area contributed by atoms with Crippen molar-refractivity contribution in [2.75, 3.05) is 0 Å². The molecule has 0 radical (unpaired) electrons. The second-order valence-corrected chi connectivity index (χ2v) is 5.23. The summed E-state index contributed by atoms with van der Waals surface area (Å²) >= 11 is 6.08. The van der Waals surface area contributed by atoms with Crippen molar-refractivity contribution < 1.29 is 0 Å². The van der Waals surface area contributed by atoms with Crippen LogP contribution in [0.15, 0.2) is 18.2 Å². The van der Waals surface area contributed by atoms with Gasteiger partial charge < -0.3 is 0 Å². The molecule has 0 amide bonds. The zero-order valence-electron chi connectivity index (χ0n) is 11.9. The van der Waals surface area contributed by atoms with Crippen molar-refractivity contribution in [2.24, 2.45) is 0 Å². The van der Waals surface area contributed by atoms with E-state index in [1.807, 2.05) is 25.1 Å². The molecular weight excluding hydrogens is 272 g/mol. The zero-order valence-corrected chi connectivity index (χ0v) is 12.6. The predicted octanol–water partition coefficient (Wildman–Crippen LogP) is 4.00. The molecule has 0 N–H and O–H groups in total. The van der Waals surface area contributed by atoms with Gasteiger partial charge in [0.1, 0.15) is 6.07 Å². The summed E-state index contributed by atoms with van der Waals surface area (Å²) < 4.78 is 1.76. The standard InChI is InChI=1S/C15H17ClN4/c1-4-11(5-2)15-13(9-17)18-19-20(15)14-8-12(16)7-6-10(14)3/h6-8,11H,4-5H2,1-3H3. The SMILES string of the molecule is CCC(CC)c1c(C#N)nnn1-c1cc(Cl)ccc1C. The van der Waals surface area contributed by atoms with Gasteiger partial charge in [-0.2, -0.15) is 5.26 Å². The van der Waals surface area contributed by atoms with Crippen LogP contribution < -0.4 is 0 Å². The van der Waals surface area contributed by atoms with Crippen LogP contribution >= 0.6 is 11.6 Å². The van der Waals surface area contributed by atoms with Crippen molar-refractivity contribution in [3.63, 3.8) is 0 Å². The monoisotopic (exact) mass is 288 g/mol. The lowest BCUT2D eigenvalue weighted by Crippen LogP contribution is -2.09. The molecule has 1 aromatic carbocycles. The highest BCUT2D eigenvalue weighted by Gasteiger charge is 2.21.